The van der Waals surface area contributed by atoms with E-state index in [1.807, 2.05) is 0 Å². The molecule has 0 saturated carbocycles. The lowest BCUT2D eigenvalue weighted by Gasteiger charge is -2.26. The van der Waals surface area contributed by atoms with E-state index in [0.717, 1.165) is 0 Å². The van der Waals surface area contributed by atoms with E-state index in [9.17, 15) is 14.0 Å². The lowest BCUT2D eigenvalue weighted by molar-refractivity contribution is -0.158. The quantitative estimate of drug-likeness (QED) is 0.348. The van der Waals surface area contributed by atoms with Gasteiger partial charge in [0.25, 0.3) is 0 Å². The van der Waals surface area contributed by atoms with Crippen molar-refractivity contribution >= 4 is 12.1 Å². The monoisotopic (exact) mass is 332 g/mol. The molecule has 8 nitrogen and oxygen atoms in total. The highest BCUT2D eigenvalue weighted by molar-refractivity contribution is 5.81. The molecule has 0 aromatic carbocycles. The Morgan fingerprint density at radius 3 is 2.13 bits per heavy atom. The van der Waals surface area contributed by atoms with Crippen LogP contribution in [-0.4, -0.2) is 42.0 Å². The number of esters is 1. The normalized spacial score (nSPS) is 14.2. The number of nitrogens with one attached hydrogen (secondary N) is 1. The summed E-state index contributed by atoms with van der Waals surface area (Å²) in [5.74, 6) is -0.785. The summed E-state index contributed by atoms with van der Waals surface area (Å²) in [5, 5.41) is 5.40. The first-order chi connectivity index (χ1) is 10.3. The number of halogens is 1. The molecule has 0 saturated heterocycles. The molecule has 0 aliphatic carbocycles. The Bertz CT molecular complexity index is 464. The highest BCUT2D eigenvalue weighted by Gasteiger charge is 2.30. The molecule has 0 unspecified atom stereocenters. The Balaban J connectivity index is 4.95. The van der Waals surface area contributed by atoms with Crippen LogP contribution < -0.4 is 5.32 Å². The minimum atomic E-state index is -1.60. The average Bonchev–Trinajstić information content (AvgIpc) is 2.31. The molecule has 0 spiro atoms. The lowest BCUT2D eigenvalue weighted by atomic mass is 10.1. The zero-order valence-corrected chi connectivity index (χ0v) is 14.4. The van der Waals surface area contributed by atoms with Gasteiger partial charge < -0.3 is 14.8 Å². The van der Waals surface area contributed by atoms with Gasteiger partial charge in [-0.1, -0.05) is 5.11 Å². The molecule has 23 heavy (non-hydrogen) atoms. The van der Waals surface area contributed by atoms with Crippen LogP contribution in [0.2, 0.25) is 0 Å². The summed E-state index contributed by atoms with van der Waals surface area (Å²) in [6, 6.07) is -1.24. The van der Waals surface area contributed by atoms with Crippen molar-refractivity contribution in [2.24, 2.45) is 5.11 Å². The third-order valence-electron chi connectivity index (χ3n) is 2.22. The SMILES string of the molecule is CC(C)(C)OC(=O)N[C@@H](C[C@H](F)CN=[N+]=[N-])C(=O)OC(C)(C)C. The van der Waals surface area contributed by atoms with Gasteiger partial charge in [0, 0.05) is 11.3 Å². The van der Waals surface area contributed by atoms with Gasteiger partial charge in [-0.3, -0.25) is 0 Å². The molecular weight excluding hydrogens is 307 g/mol. The molecule has 0 rings (SSSR count). The molecule has 1 amide bonds. The van der Waals surface area contributed by atoms with Crippen LogP contribution in [0.3, 0.4) is 0 Å². The standard InChI is InChI=1S/C14H25FN4O4/c1-13(2,3)22-11(20)10(7-9(15)8-17-19-16)18-12(21)23-14(4,5)6/h9-10H,7-8H2,1-6H3,(H,18,21)/t9-,10-/m0/s1. The third-order valence-corrected chi connectivity index (χ3v) is 2.22. The number of nitrogens with zero attached hydrogens (tertiary/aromatic N) is 3. The van der Waals surface area contributed by atoms with Gasteiger partial charge >= 0.3 is 12.1 Å². The molecule has 0 fully saturated rings. The first-order valence-corrected chi connectivity index (χ1v) is 7.21. The maximum absolute atomic E-state index is 13.8. The van der Waals surface area contributed by atoms with Gasteiger partial charge in [-0.05, 0) is 47.1 Å². The van der Waals surface area contributed by atoms with Gasteiger partial charge in [-0.25, -0.2) is 14.0 Å². The molecule has 0 aliphatic heterocycles. The number of carbonyl (C=O) groups is 2. The fourth-order valence-electron chi connectivity index (χ4n) is 1.49. The third kappa shape index (κ3) is 11.2. The molecule has 0 aromatic rings. The molecular formula is C14H25FN4O4. The molecule has 2 atom stereocenters. The molecule has 0 aliphatic rings. The molecule has 9 heteroatoms. The average molecular weight is 332 g/mol. The van der Waals surface area contributed by atoms with E-state index in [0.29, 0.717) is 0 Å². The zero-order chi connectivity index (χ0) is 18.3. The second kappa shape index (κ2) is 8.57. The Labute approximate surface area is 135 Å². The maximum Gasteiger partial charge on any atom is 0.408 e. The minimum absolute atomic E-state index is 0.382. The van der Waals surface area contributed by atoms with E-state index in [1.165, 1.54) is 0 Å². The molecule has 0 aromatic heterocycles. The van der Waals surface area contributed by atoms with Crippen molar-refractivity contribution < 1.29 is 23.5 Å². The Kier molecular flexibility index (Phi) is 7.82. The second-order valence-electron chi connectivity index (χ2n) is 6.98. The first kappa shape index (κ1) is 21.0. The number of azide groups is 1. The van der Waals surface area contributed by atoms with Gasteiger partial charge in [-0.15, -0.1) is 0 Å². The van der Waals surface area contributed by atoms with Gasteiger partial charge in [-0.2, -0.15) is 0 Å². The van der Waals surface area contributed by atoms with Crippen LogP contribution in [-0.2, 0) is 14.3 Å². The molecule has 0 bridgehead atoms. The second-order valence-corrected chi connectivity index (χ2v) is 6.98. The van der Waals surface area contributed by atoms with Gasteiger partial charge in [0.1, 0.15) is 23.4 Å². The summed E-state index contributed by atoms with van der Waals surface area (Å²) in [5.41, 5.74) is 6.64. The fraction of sp³-hybridized carbons (Fsp3) is 0.857. The maximum atomic E-state index is 13.8. The van der Waals surface area contributed by atoms with Gasteiger partial charge in [0.2, 0.25) is 0 Å². The van der Waals surface area contributed by atoms with Crippen LogP contribution in [0.15, 0.2) is 5.11 Å². The van der Waals surface area contributed by atoms with Crippen molar-refractivity contribution in [3.8, 4) is 0 Å². The largest absolute Gasteiger partial charge is 0.458 e. The van der Waals surface area contributed by atoms with Crippen molar-refractivity contribution in [2.75, 3.05) is 6.54 Å². The lowest BCUT2D eigenvalue weighted by Crippen LogP contribution is -2.47. The number of ether oxygens (including phenoxy) is 2. The number of alkyl carbamates (subject to hydrolysis) is 1. The number of alkyl halides is 1. The van der Waals surface area contributed by atoms with E-state index < -0.39 is 42.0 Å². The molecule has 1 N–H and O–H groups in total. The smallest absolute Gasteiger partial charge is 0.408 e. The Hall–Kier alpha value is -2.02. The summed E-state index contributed by atoms with van der Waals surface area (Å²) < 4.78 is 24.0. The van der Waals surface area contributed by atoms with Gasteiger partial charge in [0.15, 0.2) is 0 Å². The summed E-state index contributed by atoms with van der Waals surface area (Å²) in [7, 11) is 0. The summed E-state index contributed by atoms with van der Waals surface area (Å²) in [4.78, 5) is 26.3. The summed E-state index contributed by atoms with van der Waals surface area (Å²) in [6.07, 6.45) is -2.84. The van der Waals surface area contributed by atoms with E-state index in [2.05, 4.69) is 15.3 Å². The molecule has 0 radical (unpaired) electrons. The first-order valence-electron chi connectivity index (χ1n) is 7.21. The topological polar surface area (TPSA) is 113 Å². The van der Waals surface area contributed by atoms with E-state index in [-0.39, 0.29) is 6.42 Å². The highest BCUT2D eigenvalue weighted by Crippen LogP contribution is 2.14. The highest BCUT2D eigenvalue weighted by atomic mass is 19.1. The molecule has 0 heterocycles. The number of hydrogen-bond donors (Lipinski definition) is 1. The predicted octanol–water partition coefficient (Wildman–Crippen LogP) is 3.26. The number of amides is 1. The van der Waals surface area contributed by atoms with Crippen molar-refractivity contribution in [1.29, 1.82) is 0 Å². The summed E-state index contributed by atoms with van der Waals surface area (Å²) in [6.45, 7) is 9.51. The van der Waals surface area contributed by atoms with Gasteiger partial charge in [0.05, 0.1) is 6.54 Å². The van der Waals surface area contributed by atoms with Crippen molar-refractivity contribution in [2.45, 2.75) is 71.4 Å². The van der Waals surface area contributed by atoms with Crippen LogP contribution in [0.5, 0.6) is 0 Å². The number of carbonyl (C=O) groups excluding carboxylic acids is 2. The van der Waals surface area contributed by atoms with Crippen LogP contribution >= 0.6 is 0 Å². The van der Waals surface area contributed by atoms with E-state index in [4.69, 9.17) is 15.0 Å². The van der Waals surface area contributed by atoms with Crippen molar-refractivity contribution in [1.82, 2.24) is 5.32 Å². The predicted molar refractivity (Wildman–Crippen MR) is 82.5 cm³/mol. The Morgan fingerprint density at radius 1 is 1.17 bits per heavy atom. The van der Waals surface area contributed by atoms with Crippen LogP contribution in [0, 0.1) is 0 Å². The van der Waals surface area contributed by atoms with Crippen LogP contribution in [0.4, 0.5) is 9.18 Å². The number of rotatable bonds is 6. The zero-order valence-electron chi connectivity index (χ0n) is 14.4. The number of hydrogen-bond acceptors (Lipinski definition) is 5. The van der Waals surface area contributed by atoms with E-state index >= 15 is 0 Å². The minimum Gasteiger partial charge on any atom is -0.458 e. The molecule has 132 valence electrons. The summed E-state index contributed by atoms with van der Waals surface area (Å²) >= 11 is 0. The van der Waals surface area contributed by atoms with E-state index in [1.54, 1.807) is 41.5 Å². The van der Waals surface area contributed by atoms with Crippen molar-refractivity contribution in [3.05, 3.63) is 10.4 Å². The van der Waals surface area contributed by atoms with Crippen LogP contribution in [0.25, 0.3) is 10.4 Å². The fourth-order valence-corrected chi connectivity index (χ4v) is 1.49. The van der Waals surface area contributed by atoms with Crippen LogP contribution in [0.1, 0.15) is 48.0 Å². The van der Waals surface area contributed by atoms with Crippen molar-refractivity contribution in [3.63, 3.8) is 0 Å². The Morgan fingerprint density at radius 2 is 1.70 bits per heavy atom.